The van der Waals surface area contributed by atoms with Crippen molar-refractivity contribution in [1.29, 1.82) is 0 Å². The van der Waals surface area contributed by atoms with Gasteiger partial charge >= 0.3 is 5.97 Å². The Balaban J connectivity index is 0.00000363. The number of sulfonamides is 1. The first-order valence-corrected chi connectivity index (χ1v) is 11.9. The summed E-state index contributed by atoms with van der Waals surface area (Å²) < 4.78 is 45.7. The Bertz CT molecular complexity index is 997. The van der Waals surface area contributed by atoms with E-state index in [1.165, 1.54) is 24.8 Å². The van der Waals surface area contributed by atoms with Gasteiger partial charge in [0.2, 0.25) is 10.0 Å². The molecule has 0 aromatic heterocycles. The molecule has 1 fully saturated rings. The monoisotopic (exact) mass is 485 g/mol. The molecule has 0 bridgehead atoms. The Morgan fingerprint density at radius 1 is 1.12 bits per heavy atom. The summed E-state index contributed by atoms with van der Waals surface area (Å²) in [5.74, 6) is -1.40. The molecule has 1 aliphatic heterocycles. The topological polar surface area (TPSA) is 87.7 Å². The molecular formula is C22H29ClFN3O4S. The van der Waals surface area contributed by atoms with Gasteiger partial charge < -0.3 is 10.1 Å². The van der Waals surface area contributed by atoms with E-state index in [2.05, 4.69) is 19.7 Å². The molecule has 0 spiro atoms. The zero-order valence-electron chi connectivity index (χ0n) is 18.0. The van der Waals surface area contributed by atoms with Gasteiger partial charge in [-0.05, 0) is 29.7 Å². The summed E-state index contributed by atoms with van der Waals surface area (Å²) in [4.78, 5) is 13.8. The third-order valence-corrected chi connectivity index (χ3v) is 6.58. The normalized spacial score (nSPS) is 14.6. The largest absolute Gasteiger partial charge is 0.465 e. The van der Waals surface area contributed by atoms with Crippen LogP contribution in [0.2, 0.25) is 0 Å². The quantitative estimate of drug-likeness (QED) is 0.529. The van der Waals surface area contributed by atoms with Crippen LogP contribution < -0.4 is 10.0 Å². The van der Waals surface area contributed by atoms with Crippen molar-refractivity contribution in [3.63, 3.8) is 0 Å². The van der Waals surface area contributed by atoms with Crippen LogP contribution in [0.4, 0.5) is 4.39 Å². The first kappa shape index (κ1) is 26.2. The van der Waals surface area contributed by atoms with Crippen molar-refractivity contribution in [1.82, 2.24) is 14.9 Å². The number of rotatable bonds is 9. The number of carbonyl (C=O) groups excluding carboxylic acids is 1. The molecule has 0 saturated carbocycles. The Hall–Kier alpha value is -2.04. The molecule has 0 atom stereocenters. The van der Waals surface area contributed by atoms with Gasteiger partial charge in [-0.3, -0.25) is 4.90 Å². The average Bonchev–Trinajstić information content (AvgIpc) is 2.78. The predicted molar refractivity (Wildman–Crippen MR) is 124 cm³/mol. The zero-order chi connectivity index (χ0) is 22.3. The minimum absolute atomic E-state index is 0. The molecule has 32 heavy (non-hydrogen) atoms. The summed E-state index contributed by atoms with van der Waals surface area (Å²) in [6.07, 6.45) is 0.368. The number of nitrogens with one attached hydrogen (secondary N) is 2. The second-order valence-electron chi connectivity index (χ2n) is 7.53. The molecule has 10 heteroatoms. The van der Waals surface area contributed by atoms with Gasteiger partial charge in [0.05, 0.1) is 18.4 Å². The fraction of sp³-hybridized carbons (Fsp3) is 0.409. The zero-order valence-corrected chi connectivity index (χ0v) is 19.6. The van der Waals surface area contributed by atoms with E-state index in [4.69, 9.17) is 0 Å². The maximum atomic E-state index is 14.1. The molecule has 0 radical (unpaired) electrons. The van der Waals surface area contributed by atoms with Crippen molar-refractivity contribution < 1.29 is 22.3 Å². The van der Waals surface area contributed by atoms with Gasteiger partial charge in [0, 0.05) is 44.8 Å². The number of esters is 1. The van der Waals surface area contributed by atoms with Gasteiger partial charge in [0.25, 0.3) is 0 Å². The van der Waals surface area contributed by atoms with Gasteiger partial charge in [0.1, 0.15) is 5.82 Å². The van der Waals surface area contributed by atoms with E-state index in [-0.39, 0.29) is 35.8 Å². The first-order chi connectivity index (χ1) is 14.9. The van der Waals surface area contributed by atoms with Crippen LogP contribution in [-0.2, 0) is 34.3 Å². The minimum Gasteiger partial charge on any atom is -0.465 e. The van der Waals surface area contributed by atoms with Crippen molar-refractivity contribution >= 4 is 28.4 Å². The van der Waals surface area contributed by atoms with E-state index in [1.807, 2.05) is 24.3 Å². The number of piperazine rings is 1. The van der Waals surface area contributed by atoms with Gasteiger partial charge in [-0.2, -0.15) is 0 Å². The Morgan fingerprint density at radius 3 is 2.41 bits per heavy atom. The van der Waals surface area contributed by atoms with E-state index >= 15 is 0 Å². The van der Waals surface area contributed by atoms with E-state index < -0.39 is 21.8 Å². The molecule has 0 aliphatic carbocycles. The molecule has 0 amide bonds. The van der Waals surface area contributed by atoms with Gasteiger partial charge in [-0.15, -0.1) is 12.4 Å². The maximum Gasteiger partial charge on any atom is 0.337 e. The lowest BCUT2D eigenvalue weighted by Gasteiger charge is -2.27. The van der Waals surface area contributed by atoms with Crippen molar-refractivity contribution in [2.24, 2.45) is 0 Å². The van der Waals surface area contributed by atoms with E-state index in [9.17, 15) is 17.6 Å². The molecule has 0 unspecified atom stereocenters. The number of hydrogen-bond acceptors (Lipinski definition) is 6. The summed E-state index contributed by atoms with van der Waals surface area (Å²) in [5, 5.41) is 3.33. The highest BCUT2D eigenvalue weighted by atomic mass is 35.5. The smallest absolute Gasteiger partial charge is 0.337 e. The molecule has 1 heterocycles. The number of nitrogens with zero attached hydrogens (tertiary/aromatic N) is 1. The molecule has 176 valence electrons. The Morgan fingerprint density at radius 2 is 1.78 bits per heavy atom. The van der Waals surface area contributed by atoms with E-state index in [0.717, 1.165) is 44.4 Å². The van der Waals surface area contributed by atoms with Crippen LogP contribution in [0.25, 0.3) is 0 Å². The van der Waals surface area contributed by atoms with E-state index in [0.29, 0.717) is 6.42 Å². The predicted octanol–water partition coefficient (Wildman–Crippen LogP) is 2.10. The average molecular weight is 486 g/mol. The third kappa shape index (κ3) is 7.83. The number of benzene rings is 2. The summed E-state index contributed by atoms with van der Waals surface area (Å²) in [5.41, 5.74) is 2.38. The van der Waals surface area contributed by atoms with Crippen molar-refractivity contribution in [2.75, 3.05) is 39.0 Å². The highest BCUT2D eigenvalue weighted by Gasteiger charge is 2.14. The summed E-state index contributed by atoms with van der Waals surface area (Å²) in [6, 6.07) is 11.8. The van der Waals surface area contributed by atoms with Crippen LogP contribution in [0.5, 0.6) is 0 Å². The molecule has 7 nitrogen and oxygen atoms in total. The number of halogens is 2. The van der Waals surface area contributed by atoms with Crippen LogP contribution in [0, 0.1) is 5.82 Å². The molecule has 1 saturated heterocycles. The van der Waals surface area contributed by atoms with Crippen molar-refractivity contribution in [2.45, 2.75) is 19.5 Å². The molecule has 2 aromatic rings. The standard InChI is InChI=1S/C22H28FN3O4S.ClH/c1-30-22(27)19-6-7-20(21(23)14-19)15-25-31(28,29)13-8-17-2-4-18(5-3-17)16-26-11-9-24-10-12-26;/h2-7,14,24-25H,8-13,15-16H2,1H3;1H. The highest BCUT2D eigenvalue weighted by Crippen LogP contribution is 2.13. The molecular weight excluding hydrogens is 457 g/mol. The minimum atomic E-state index is -3.58. The summed E-state index contributed by atoms with van der Waals surface area (Å²) in [7, 11) is -2.37. The second-order valence-corrected chi connectivity index (χ2v) is 9.46. The molecule has 3 rings (SSSR count). The number of methoxy groups -OCH3 is 1. The van der Waals surface area contributed by atoms with Crippen LogP contribution in [-0.4, -0.2) is 58.3 Å². The number of hydrogen-bond donors (Lipinski definition) is 2. The highest BCUT2D eigenvalue weighted by molar-refractivity contribution is 7.89. The van der Waals surface area contributed by atoms with Crippen LogP contribution in [0.3, 0.4) is 0 Å². The summed E-state index contributed by atoms with van der Waals surface area (Å²) in [6.45, 7) is 4.77. The third-order valence-electron chi connectivity index (χ3n) is 5.25. The number of carbonyl (C=O) groups is 1. The van der Waals surface area contributed by atoms with Crippen LogP contribution >= 0.6 is 12.4 Å². The second kappa shape index (κ2) is 12.3. The van der Waals surface area contributed by atoms with Crippen molar-refractivity contribution in [3.05, 3.63) is 70.5 Å². The molecule has 1 aliphatic rings. The van der Waals surface area contributed by atoms with Gasteiger partial charge in [-0.1, -0.05) is 30.3 Å². The van der Waals surface area contributed by atoms with Crippen molar-refractivity contribution in [3.8, 4) is 0 Å². The molecule has 2 aromatic carbocycles. The number of aryl methyl sites for hydroxylation is 1. The fourth-order valence-electron chi connectivity index (χ4n) is 3.39. The molecule has 2 N–H and O–H groups in total. The van der Waals surface area contributed by atoms with Crippen LogP contribution in [0.1, 0.15) is 27.0 Å². The number of ether oxygens (including phenoxy) is 1. The lowest BCUT2D eigenvalue weighted by atomic mass is 10.1. The van der Waals surface area contributed by atoms with E-state index in [1.54, 1.807) is 0 Å². The Labute approximate surface area is 194 Å². The van der Waals surface area contributed by atoms with Gasteiger partial charge in [-0.25, -0.2) is 22.3 Å². The fourth-order valence-corrected chi connectivity index (χ4v) is 4.41. The lowest BCUT2D eigenvalue weighted by Crippen LogP contribution is -2.42. The lowest BCUT2D eigenvalue weighted by molar-refractivity contribution is 0.0600. The maximum absolute atomic E-state index is 14.1. The summed E-state index contributed by atoms with van der Waals surface area (Å²) >= 11 is 0. The van der Waals surface area contributed by atoms with Gasteiger partial charge in [0.15, 0.2) is 0 Å². The SMILES string of the molecule is COC(=O)c1ccc(CNS(=O)(=O)CCc2ccc(CN3CCNCC3)cc2)c(F)c1.Cl. The van der Waals surface area contributed by atoms with Crippen LogP contribution in [0.15, 0.2) is 42.5 Å². The first-order valence-electron chi connectivity index (χ1n) is 10.2. The Kier molecular flexibility index (Phi) is 10.0.